The lowest BCUT2D eigenvalue weighted by Crippen LogP contribution is -2.46. The topological polar surface area (TPSA) is 56.7 Å². The smallest absolute Gasteiger partial charge is 0.191 e. The third-order valence-electron chi connectivity index (χ3n) is 5.23. The Labute approximate surface area is 190 Å². The number of halogens is 1. The lowest BCUT2D eigenvalue weighted by molar-refractivity contribution is 0.413. The Morgan fingerprint density at radius 1 is 1.25 bits per heavy atom. The first-order valence-corrected chi connectivity index (χ1v) is 11.5. The number of anilines is 1. The molecule has 3 atom stereocenters. The summed E-state index contributed by atoms with van der Waals surface area (Å²) in [7, 11) is 5.26. The summed E-state index contributed by atoms with van der Waals surface area (Å²) in [5.41, 5.74) is 2.60. The molecule has 1 aromatic carbocycles. The normalized spacial score (nSPS) is 20.8. The Bertz CT molecular complexity index is 621. The van der Waals surface area contributed by atoms with Gasteiger partial charge in [-0.3, -0.25) is 9.20 Å². The minimum atomic E-state index is -0.687. The molecule has 2 rings (SSSR count). The number of benzene rings is 1. The van der Waals surface area contributed by atoms with Crippen LogP contribution in [0.2, 0.25) is 0 Å². The standard InChI is InChI=1S/C21H36N4OS.HI/c1-5-27(26)20-10-6-9-18(16-20)24-21(22-2)23-15-7-8-17-11-13-19(14-12-17)25(3)4;/h11-14,18,20H,5-10,15-16H2,1-4H3,(H2,22,23,24);1H. The average Bonchev–Trinajstić information content (AvgIpc) is 2.70. The molecule has 0 amide bonds. The maximum absolute atomic E-state index is 12.1. The molecule has 2 N–H and O–H groups in total. The first-order chi connectivity index (χ1) is 13.0. The average molecular weight is 521 g/mol. The molecule has 1 aromatic rings. The molecule has 5 nitrogen and oxygen atoms in total. The molecular weight excluding hydrogens is 483 g/mol. The van der Waals surface area contributed by atoms with E-state index in [1.807, 2.05) is 14.0 Å². The fourth-order valence-corrected chi connectivity index (χ4v) is 4.95. The van der Waals surface area contributed by atoms with Gasteiger partial charge in [-0.1, -0.05) is 25.5 Å². The summed E-state index contributed by atoms with van der Waals surface area (Å²) >= 11 is 0. The van der Waals surface area contributed by atoms with Gasteiger partial charge >= 0.3 is 0 Å². The Morgan fingerprint density at radius 2 is 1.96 bits per heavy atom. The highest BCUT2D eigenvalue weighted by molar-refractivity contribution is 14.0. The number of nitrogens with one attached hydrogen (secondary N) is 2. The van der Waals surface area contributed by atoms with E-state index in [1.165, 1.54) is 11.3 Å². The van der Waals surface area contributed by atoms with Crippen LogP contribution in [0.25, 0.3) is 0 Å². The van der Waals surface area contributed by atoms with Crippen molar-refractivity contribution in [1.29, 1.82) is 0 Å². The lowest BCUT2D eigenvalue weighted by Gasteiger charge is -2.30. The van der Waals surface area contributed by atoms with Crippen LogP contribution in [0.4, 0.5) is 5.69 Å². The second-order valence-corrected chi connectivity index (χ2v) is 9.47. The fraction of sp³-hybridized carbons (Fsp3) is 0.667. The predicted molar refractivity (Wildman–Crippen MR) is 134 cm³/mol. The molecule has 1 saturated carbocycles. The van der Waals surface area contributed by atoms with Gasteiger partial charge in [-0.05, 0) is 49.8 Å². The van der Waals surface area contributed by atoms with E-state index in [-0.39, 0.29) is 24.0 Å². The summed E-state index contributed by atoms with van der Waals surface area (Å²) in [5.74, 6) is 1.63. The maximum atomic E-state index is 12.1. The molecule has 0 bridgehead atoms. The number of aliphatic imine (C=N–C) groups is 1. The zero-order chi connectivity index (χ0) is 19.6. The van der Waals surface area contributed by atoms with Gasteiger partial charge in [0.05, 0.1) is 0 Å². The fourth-order valence-electron chi connectivity index (χ4n) is 3.60. The Kier molecular flexibility index (Phi) is 12.1. The van der Waals surface area contributed by atoms with Crippen LogP contribution in [0.3, 0.4) is 0 Å². The molecule has 1 aliphatic rings. The Morgan fingerprint density at radius 3 is 2.57 bits per heavy atom. The van der Waals surface area contributed by atoms with E-state index in [1.54, 1.807) is 0 Å². The highest BCUT2D eigenvalue weighted by Crippen LogP contribution is 2.23. The first-order valence-electron chi connectivity index (χ1n) is 10.1. The predicted octanol–water partition coefficient (Wildman–Crippen LogP) is 3.55. The van der Waals surface area contributed by atoms with E-state index >= 15 is 0 Å². The quantitative estimate of drug-likeness (QED) is 0.238. The van der Waals surface area contributed by atoms with Gasteiger partial charge in [0.25, 0.3) is 0 Å². The third kappa shape index (κ3) is 8.27. The molecule has 160 valence electrons. The van der Waals surface area contributed by atoms with Gasteiger partial charge in [0, 0.05) is 61.2 Å². The SMILES string of the molecule is CCS(=O)C1CCCC(NC(=NC)NCCCc2ccc(N(C)C)cc2)C1.I. The number of guanidine groups is 1. The highest BCUT2D eigenvalue weighted by atomic mass is 127. The second-order valence-electron chi connectivity index (χ2n) is 7.46. The molecule has 3 unspecified atom stereocenters. The van der Waals surface area contributed by atoms with E-state index in [4.69, 9.17) is 0 Å². The van der Waals surface area contributed by atoms with Crippen LogP contribution >= 0.6 is 24.0 Å². The van der Waals surface area contributed by atoms with Crippen LogP contribution in [0.5, 0.6) is 0 Å². The Hall–Kier alpha value is -0.830. The summed E-state index contributed by atoms with van der Waals surface area (Å²) in [6, 6.07) is 9.13. The van der Waals surface area contributed by atoms with Crippen molar-refractivity contribution in [2.45, 2.75) is 56.7 Å². The molecule has 7 heteroatoms. The minimum absolute atomic E-state index is 0. The van der Waals surface area contributed by atoms with Crippen molar-refractivity contribution in [3.8, 4) is 0 Å². The van der Waals surface area contributed by atoms with Crippen LogP contribution in [-0.4, -0.2) is 54.9 Å². The summed E-state index contributed by atoms with van der Waals surface area (Å²) in [5, 5.41) is 7.30. The van der Waals surface area contributed by atoms with Crippen molar-refractivity contribution in [1.82, 2.24) is 10.6 Å². The van der Waals surface area contributed by atoms with Gasteiger partial charge in [0.1, 0.15) is 0 Å². The number of hydrogen-bond donors (Lipinski definition) is 2. The molecule has 0 saturated heterocycles. The molecular formula is C21H37IN4OS. The molecule has 0 aliphatic heterocycles. The summed E-state index contributed by atoms with van der Waals surface area (Å²) in [6.07, 6.45) is 6.48. The van der Waals surface area contributed by atoms with E-state index in [9.17, 15) is 4.21 Å². The number of aryl methyl sites for hydroxylation is 1. The van der Waals surface area contributed by atoms with Gasteiger partial charge < -0.3 is 15.5 Å². The summed E-state index contributed by atoms with van der Waals surface area (Å²) in [6.45, 7) is 2.91. The molecule has 0 aromatic heterocycles. The molecule has 1 fully saturated rings. The van der Waals surface area contributed by atoms with E-state index in [0.29, 0.717) is 11.3 Å². The minimum Gasteiger partial charge on any atom is -0.378 e. The van der Waals surface area contributed by atoms with Crippen molar-refractivity contribution in [3.05, 3.63) is 29.8 Å². The van der Waals surface area contributed by atoms with Crippen molar-refractivity contribution >= 4 is 46.4 Å². The Balaban J connectivity index is 0.00000392. The van der Waals surface area contributed by atoms with Crippen LogP contribution in [0.15, 0.2) is 29.3 Å². The zero-order valence-corrected chi connectivity index (χ0v) is 20.9. The lowest BCUT2D eigenvalue weighted by atomic mass is 9.95. The van der Waals surface area contributed by atoms with Crippen LogP contribution in [0, 0.1) is 0 Å². The number of hydrogen-bond acceptors (Lipinski definition) is 3. The van der Waals surface area contributed by atoms with Gasteiger partial charge in [-0.15, -0.1) is 24.0 Å². The van der Waals surface area contributed by atoms with E-state index in [0.717, 1.165) is 56.8 Å². The number of nitrogens with zero attached hydrogens (tertiary/aromatic N) is 2. The molecule has 1 aliphatic carbocycles. The van der Waals surface area contributed by atoms with Crippen LogP contribution < -0.4 is 15.5 Å². The maximum Gasteiger partial charge on any atom is 0.191 e. The van der Waals surface area contributed by atoms with Crippen molar-refractivity contribution in [2.24, 2.45) is 4.99 Å². The monoisotopic (exact) mass is 520 g/mol. The number of rotatable bonds is 8. The van der Waals surface area contributed by atoms with Gasteiger partial charge in [-0.25, -0.2) is 0 Å². The zero-order valence-electron chi connectivity index (χ0n) is 17.7. The molecule has 0 spiro atoms. The molecule has 0 heterocycles. The first kappa shape index (κ1) is 25.2. The van der Waals surface area contributed by atoms with Crippen LogP contribution in [-0.2, 0) is 17.2 Å². The second kappa shape index (κ2) is 13.4. The summed E-state index contributed by atoms with van der Waals surface area (Å²) in [4.78, 5) is 6.48. The van der Waals surface area contributed by atoms with Crippen LogP contribution in [0.1, 0.15) is 44.6 Å². The largest absolute Gasteiger partial charge is 0.378 e. The van der Waals surface area contributed by atoms with Gasteiger partial charge in [0.15, 0.2) is 5.96 Å². The van der Waals surface area contributed by atoms with E-state index < -0.39 is 10.8 Å². The van der Waals surface area contributed by atoms with Crippen molar-refractivity contribution in [3.63, 3.8) is 0 Å². The molecule has 28 heavy (non-hydrogen) atoms. The van der Waals surface area contributed by atoms with Crippen molar-refractivity contribution in [2.75, 3.05) is 38.3 Å². The van der Waals surface area contributed by atoms with Crippen molar-refractivity contribution < 1.29 is 4.21 Å². The van der Waals surface area contributed by atoms with Gasteiger partial charge in [-0.2, -0.15) is 0 Å². The third-order valence-corrected chi connectivity index (χ3v) is 6.98. The van der Waals surface area contributed by atoms with E-state index in [2.05, 4.69) is 58.9 Å². The highest BCUT2D eigenvalue weighted by Gasteiger charge is 2.25. The van der Waals surface area contributed by atoms with Gasteiger partial charge in [0.2, 0.25) is 0 Å². The molecule has 0 radical (unpaired) electrons. The summed E-state index contributed by atoms with van der Waals surface area (Å²) < 4.78 is 12.1.